The van der Waals surface area contributed by atoms with Crippen molar-refractivity contribution in [2.24, 2.45) is 0 Å². The van der Waals surface area contributed by atoms with Gasteiger partial charge in [0.2, 0.25) is 0 Å². The van der Waals surface area contributed by atoms with Crippen LogP contribution in [0, 0.1) is 3.80 Å². The second-order valence-electron chi connectivity index (χ2n) is 23.4. The van der Waals surface area contributed by atoms with Crippen molar-refractivity contribution in [3.63, 3.8) is 0 Å². The van der Waals surface area contributed by atoms with Gasteiger partial charge < -0.3 is 4.74 Å². The van der Waals surface area contributed by atoms with Crippen LogP contribution in [0.15, 0.2) is 164 Å². The van der Waals surface area contributed by atoms with Gasteiger partial charge in [-0.2, -0.15) is 0 Å². The standard InChI is InChI=1S/C65H64N4O2.Pt/c1-62(2,3)44-29-31-66-60(36-44)69-57-38-49(27-28-52(57)53-39-54-59(40-58(53)69)70-32-30-65(54,10)11)71-48-22-17-21-47(37-48)67-41-68(56-26-16-15-25-55(56)67)61-50(42-19-13-12-14-20-42)23-18-24-51(61)43-33-45(63(4,5)6)35-46(34-43)64(7,8)9;/h12-29,31,33-40H,30,32H2,1-11H3;. The maximum atomic E-state index is 6.94. The van der Waals surface area contributed by atoms with Gasteiger partial charge in [-0.25, -0.2) is 0 Å². The first-order valence-corrected chi connectivity index (χ1v) is 26.4. The number of aromatic nitrogens is 4. The van der Waals surface area contributed by atoms with E-state index < -0.39 is 0 Å². The third kappa shape index (κ3) is 8.46. The average molecular weight is 1130 g/mol. The van der Waals surface area contributed by atoms with Gasteiger partial charge in [0.1, 0.15) is 5.75 Å². The van der Waals surface area contributed by atoms with Crippen molar-refractivity contribution in [2.75, 3.05) is 6.61 Å². The van der Waals surface area contributed by atoms with Gasteiger partial charge in [-0.15, -0.1) is 0 Å². The van der Waals surface area contributed by atoms with Crippen molar-refractivity contribution in [3.05, 3.63) is 190 Å². The number of fused-ring (bicyclic) bond motifs is 5. The molecular formula is C65H64N4O2Pt. The van der Waals surface area contributed by atoms with E-state index in [0.717, 1.165) is 72.1 Å². The van der Waals surface area contributed by atoms with Gasteiger partial charge in [0.15, 0.2) is 0 Å². The second kappa shape index (κ2) is 17.5. The molecule has 0 radical (unpaired) electrons. The first-order chi connectivity index (χ1) is 34.2. The summed E-state index contributed by atoms with van der Waals surface area (Å²) in [6.07, 6.45) is 2.91. The average Bonchev–Trinajstić information content (AvgIpc) is 3.82. The minimum atomic E-state index is -0.0496. The van der Waals surface area contributed by atoms with E-state index in [1.54, 1.807) is 0 Å². The van der Waals surface area contributed by atoms with E-state index in [4.69, 9.17) is 14.5 Å². The fraction of sp³-hybridized carbons (Fsp3) is 0.262. The molecule has 4 heterocycles. The molecular weight excluding hydrogens is 1060 g/mol. The Morgan fingerprint density at radius 1 is 0.528 bits per heavy atom. The Morgan fingerprint density at radius 3 is 1.85 bits per heavy atom. The summed E-state index contributed by atoms with van der Waals surface area (Å²) in [5.41, 5.74) is 16.2. The third-order valence-corrected chi connectivity index (χ3v) is 15.7. The summed E-state index contributed by atoms with van der Waals surface area (Å²) in [7, 11) is 0. The van der Waals surface area contributed by atoms with Gasteiger partial charge in [-0.1, -0.05) is 34.6 Å². The number of hydrogen-bond donors (Lipinski definition) is 0. The Hall–Kier alpha value is -6.75. The quantitative estimate of drug-likeness (QED) is 0.160. The molecule has 7 heteroatoms. The van der Waals surface area contributed by atoms with Gasteiger partial charge in [0, 0.05) is 11.8 Å². The van der Waals surface area contributed by atoms with Crippen LogP contribution in [0.4, 0.5) is 0 Å². The summed E-state index contributed by atoms with van der Waals surface area (Å²) in [6, 6.07) is 57.5. The predicted molar refractivity (Wildman–Crippen MR) is 295 cm³/mol. The molecule has 0 saturated carbocycles. The Balaban J connectivity index is 1.07. The van der Waals surface area contributed by atoms with Crippen molar-refractivity contribution < 1.29 is 28.8 Å². The predicted octanol–water partition coefficient (Wildman–Crippen LogP) is 17.1. The van der Waals surface area contributed by atoms with Gasteiger partial charge in [0.25, 0.3) is 0 Å². The fourth-order valence-corrected chi connectivity index (χ4v) is 11.5. The second-order valence-corrected chi connectivity index (χ2v) is 24.4. The monoisotopic (exact) mass is 1130 g/mol. The van der Waals surface area contributed by atoms with E-state index in [9.17, 15) is 0 Å². The zero-order chi connectivity index (χ0) is 50.5. The van der Waals surface area contributed by atoms with Gasteiger partial charge in [-0.3, -0.25) is 0 Å². The Morgan fingerprint density at radius 2 is 1.15 bits per heavy atom. The molecule has 10 aromatic rings. The normalized spacial score (nSPS) is 14.0. The molecule has 1 aliphatic heterocycles. The molecule has 0 unspecified atom stereocenters. The summed E-state index contributed by atoms with van der Waals surface area (Å²) in [5, 5.41) is 2.32. The number of imidazole rings is 1. The molecule has 6 nitrogen and oxygen atoms in total. The first-order valence-electron chi connectivity index (χ1n) is 25.3. The molecule has 0 fully saturated rings. The SMILES string of the molecule is CC(C)(C)c1cc(-c2cccc(-c3ccccc3)c2-n2[c](=[Pt])n(-c3cccc(Oc4ccc5c6cc7c(cc6n(-c6cc(C(C)(C)C)ccn6)c5c4)OCCC7(C)C)c3)c3ccccc32)cc(C(C)(C)C)c1. The molecule has 3 aromatic heterocycles. The zero-order valence-corrected chi connectivity index (χ0v) is 45.7. The molecule has 0 N–H and O–H groups in total. The summed E-state index contributed by atoms with van der Waals surface area (Å²) in [4.78, 5) is 5.00. The number of rotatable bonds is 7. The van der Waals surface area contributed by atoms with Crippen molar-refractivity contribution >= 4 is 32.8 Å². The third-order valence-electron chi connectivity index (χ3n) is 14.7. The molecule has 0 saturated heterocycles. The number of ether oxygens (including phenoxy) is 2. The van der Waals surface area contributed by atoms with Crippen molar-refractivity contribution in [2.45, 2.75) is 104 Å². The number of pyridine rings is 1. The first kappa shape index (κ1) is 47.6. The van der Waals surface area contributed by atoms with E-state index in [-0.39, 0.29) is 21.7 Å². The zero-order valence-electron chi connectivity index (χ0n) is 43.4. The molecule has 0 amide bonds. The summed E-state index contributed by atoms with van der Waals surface area (Å²) >= 11 is 2.54. The van der Waals surface area contributed by atoms with Crippen LogP contribution in [0.2, 0.25) is 0 Å². The van der Waals surface area contributed by atoms with Crippen LogP contribution >= 0.6 is 0 Å². The molecule has 366 valence electrons. The fourth-order valence-electron chi connectivity index (χ4n) is 10.4. The molecule has 0 atom stereocenters. The molecule has 72 heavy (non-hydrogen) atoms. The van der Waals surface area contributed by atoms with Crippen LogP contribution in [0.3, 0.4) is 0 Å². The minimum absolute atomic E-state index is 0.00138. The number of para-hydroxylation sites is 3. The molecule has 1 aliphatic rings. The van der Waals surface area contributed by atoms with Crippen molar-refractivity contribution in [3.8, 4) is 56.7 Å². The molecule has 0 spiro atoms. The van der Waals surface area contributed by atoms with E-state index in [2.05, 4.69) is 267 Å². The van der Waals surface area contributed by atoms with Gasteiger partial charge >= 0.3 is 346 Å². The van der Waals surface area contributed by atoms with Crippen LogP contribution in [0.25, 0.3) is 72.3 Å². The van der Waals surface area contributed by atoms with E-state index in [1.807, 2.05) is 6.20 Å². The Bertz CT molecular complexity index is 3780. The van der Waals surface area contributed by atoms with Gasteiger partial charge in [0.05, 0.1) is 6.61 Å². The van der Waals surface area contributed by atoms with Crippen LogP contribution < -0.4 is 9.47 Å². The Kier molecular flexibility index (Phi) is 11.5. The molecule has 11 rings (SSSR count). The van der Waals surface area contributed by atoms with Crippen LogP contribution in [0.5, 0.6) is 17.2 Å². The van der Waals surface area contributed by atoms with Crippen molar-refractivity contribution in [1.82, 2.24) is 18.7 Å². The van der Waals surface area contributed by atoms with E-state index in [1.165, 1.54) is 49.9 Å². The summed E-state index contributed by atoms with van der Waals surface area (Å²) in [5.74, 6) is 3.30. The number of hydrogen-bond acceptors (Lipinski definition) is 3. The summed E-state index contributed by atoms with van der Waals surface area (Å²) in [6.45, 7) is 26.0. The molecule has 0 aliphatic carbocycles. The van der Waals surface area contributed by atoms with E-state index in [0.29, 0.717) is 6.61 Å². The molecule has 0 bridgehead atoms. The van der Waals surface area contributed by atoms with Crippen LogP contribution in [0.1, 0.15) is 105 Å². The van der Waals surface area contributed by atoms with Crippen LogP contribution in [-0.4, -0.2) is 25.3 Å². The van der Waals surface area contributed by atoms with Crippen LogP contribution in [-0.2, 0) is 41.0 Å². The number of benzene rings is 7. The number of nitrogens with zero attached hydrogens (tertiary/aromatic N) is 4. The van der Waals surface area contributed by atoms with Crippen molar-refractivity contribution in [1.29, 1.82) is 0 Å². The van der Waals surface area contributed by atoms with E-state index >= 15 is 0 Å². The maximum absolute atomic E-state index is 6.94. The molecule has 7 aromatic carbocycles. The topological polar surface area (TPSA) is 46.1 Å². The Labute approximate surface area is 435 Å². The van der Waals surface area contributed by atoms with Gasteiger partial charge in [-0.05, 0) is 28.9 Å². The summed E-state index contributed by atoms with van der Waals surface area (Å²) < 4.78 is 21.5.